The first-order valence-electron chi connectivity index (χ1n) is 5.27. The molecule has 0 bridgehead atoms. The predicted octanol–water partition coefficient (Wildman–Crippen LogP) is 0.900. The van der Waals surface area contributed by atoms with Crippen molar-refractivity contribution in [1.29, 1.82) is 0 Å². The number of rotatable bonds is 4. The highest BCUT2D eigenvalue weighted by Gasteiger charge is 2.17. The van der Waals surface area contributed by atoms with Crippen LogP contribution in [0.15, 0.2) is 35.7 Å². The summed E-state index contributed by atoms with van der Waals surface area (Å²) in [6.07, 6.45) is 1.59. The number of carbonyl (C=O) groups is 1. The van der Waals surface area contributed by atoms with Gasteiger partial charge < -0.3 is 4.90 Å². The van der Waals surface area contributed by atoms with Crippen molar-refractivity contribution in [3.8, 4) is 0 Å². The highest BCUT2D eigenvalue weighted by Crippen LogP contribution is 2.16. The maximum absolute atomic E-state index is 12.1. The molecular weight excluding hydrogens is 252 g/mol. The number of likely N-dealkylation sites (N-methyl/N-ethyl adjacent to an activating group) is 1. The van der Waals surface area contributed by atoms with Crippen molar-refractivity contribution in [3.63, 3.8) is 0 Å². The molecule has 0 saturated carbocycles. The Labute approximate surface area is 107 Å². The number of aryl methyl sites for hydroxylation is 1. The lowest BCUT2D eigenvalue weighted by Gasteiger charge is -2.16. The number of hydrogen-bond donors (Lipinski definition) is 1. The van der Waals surface area contributed by atoms with Crippen molar-refractivity contribution in [2.75, 3.05) is 13.6 Å². The largest absolute Gasteiger partial charge is 0.338 e. The van der Waals surface area contributed by atoms with E-state index in [-0.39, 0.29) is 10.8 Å². The zero-order valence-corrected chi connectivity index (χ0v) is 11.2. The molecule has 0 aliphatic heterocycles. The van der Waals surface area contributed by atoms with Gasteiger partial charge in [-0.1, -0.05) is 12.1 Å². The van der Waals surface area contributed by atoms with Gasteiger partial charge in [-0.15, -0.1) is 6.58 Å². The van der Waals surface area contributed by atoms with Crippen LogP contribution in [0.3, 0.4) is 0 Å². The van der Waals surface area contributed by atoms with Crippen LogP contribution in [0.25, 0.3) is 0 Å². The standard InChI is InChI=1S/C12H16N2O3S/c1-4-7-14(3)12(15)11-8-10(18(13,16)17)6-5-9(11)2/h4-6,8H,1,7H2,2-3H3,(H2,13,16,17). The first-order valence-corrected chi connectivity index (χ1v) is 6.82. The van der Waals surface area contributed by atoms with Gasteiger partial charge in [-0.2, -0.15) is 0 Å². The third-order valence-corrected chi connectivity index (χ3v) is 3.43. The summed E-state index contributed by atoms with van der Waals surface area (Å²) in [5, 5.41) is 5.04. The fraction of sp³-hybridized carbons (Fsp3) is 0.250. The monoisotopic (exact) mass is 268 g/mol. The van der Waals surface area contributed by atoms with E-state index in [0.29, 0.717) is 17.7 Å². The fourth-order valence-electron chi connectivity index (χ4n) is 1.49. The Balaban J connectivity index is 3.24. The van der Waals surface area contributed by atoms with Gasteiger partial charge in [0.05, 0.1) is 4.90 Å². The lowest BCUT2D eigenvalue weighted by Crippen LogP contribution is -2.27. The summed E-state index contributed by atoms with van der Waals surface area (Å²) in [5.74, 6) is -0.266. The molecule has 0 spiro atoms. The minimum atomic E-state index is -3.80. The van der Waals surface area contributed by atoms with E-state index in [1.54, 1.807) is 26.1 Å². The summed E-state index contributed by atoms with van der Waals surface area (Å²) < 4.78 is 22.5. The molecule has 5 nitrogen and oxygen atoms in total. The van der Waals surface area contributed by atoms with Gasteiger partial charge in [-0.05, 0) is 24.6 Å². The molecule has 0 atom stereocenters. The molecule has 0 aliphatic carbocycles. The second-order valence-electron chi connectivity index (χ2n) is 4.00. The molecule has 2 N–H and O–H groups in total. The molecule has 0 saturated heterocycles. The van der Waals surface area contributed by atoms with E-state index in [2.05, 4.69) is 6.58 Å². The SMILES string of the molecule is C=CCN(C)C(=O)c1cc(S(N)(=O)=O)ccc1C. The molecule has 18 heavy (non-hydrogen) atoms. The molecule has 98 valence electrons. The quantitative estimate of drug-likeness (QED) is 0.824. The average Bonchev–Trinajstić information content (AvgIpc) is 2.27. The van der Waals surface area contributed by atoms with E-state index in [9.17, 15) is 13.2 Å². The lowest BCUT2D eigenvalue weighted by molar-refractivity contribution is 0.0809. The smallest absolute Gasteiger partial charge is 0.254 e. The molecule has 0 aromatic heterocycles. The Hall–Kier alpha value is -1.66. The molecule has 6 heteroatoms. The normalized spacial score (nSPS) is 11.1. The zero-order chi connectivity index (χ0) is 13.9. The maximum atomic E-state index is 12.1. The van der Waals surface area contributed by atoms with Crippen molar-refractivity contribution in [2.24, 2.45) is 5.14 Å². The fourth-order valence-corrected chi connectivity index (χ4v) is 2.03. The second-order valence-corrected chi connectivity index (χ2v) is 5.56. The Morgan fingerprint density at radius 2 is 2.11 bits per heavy atom. The Morgan fingerprint density at radius 3 is 2.61 bits per heavy atom. The number of nitrogens with zero attached hydrogens (tertiary/aromatic N) is 1. The number of hydrogen-bond acceptors (Lipinski definition) is 3. The number of amides is 1. The number of carbonyl (C=O) groups excluding carboxylic acids is 1. The molecule has 0 radical (unpaired) electrons. The summed E-state index contributed by atoms with van der Waals surface area (Å²) in [7, 11) is -2.19. The number of benzene rings is 1. The topological polar surface area (TPSA) is 80.5 Å². The highest BCUT2D eigenvalue weighted by atomic mass is 32.2. The first-order chi connectivity index (χ1) is 8.27. The lowest BCUT2D eigenvalue weighted by atomic mass is 10.1. The van der Waals surface area contributed by atoms with Crippen molar-refractivity contribution >= 4 is 15.9 Å². The van der Waals surface area contributed by atoms with Crippen molar-refractivity contribution in [3.05, 3.63) is 42.0 Å². The maximum Gasteiger partial charge on any atom is 0.254 e. The summed E-state index contributed by atoms with van der Waals surface area (Å²) in [5.41, 5.74) is 1.02. The van der Waals surface area contributed by atoms with Crippen molar-refractivity contribution in [1.82, 2.24) is 4.90 Å². The van der Waals surface area contributed by atoms with E-state index in [0.717, 1.165) is 0 Å². The predicted molar refractivity (Wildman–Crippen MR) is 69.7 cm³/mol. The second kappa shape index (κ2) is 5.32. The minimum absolute atomic E-state index is 0.0662. The molecule has 0 aliphatic rings. The van der Waals surface area contributed by atoms with Crippen molar-refractivity contribution < 1.29 is 13.2 Å². The number of primary sulfonamides is 1. The van der Waals surface area contributed by atoms with E-state index in [1.807, 2.05) is 0 Å². The summed E-state index contributed by atoms with van der Waals surface area (Å²) in [6, 6.07) is 4.25. The van der Waals surface area contributed by atoms with Crippen molar-refractivity contribution in [2.45, 2.75) is 11.8 Å². The van der Waals surface area contributed by atoms with Crippen LogP contribution in [-0.4, -0.2) is 32.8 Å². The minimum Gasteiger partial charge on any atom is -0.338 e. The van der Waals surface area contributed by atoms with E-state index < -0.39 is 10.0 Å². The summed E-state index contributed by atoms with van der Waals surface area (Å²) in [4.78, 5) is 13.5. The number of sulfonamides is 1. The van der Waals surface area contributed by atoms with E-state index >= 15 is 0 Å². The average molecular weight is 268 g/mol. The van der Waals surface area contributed by atoms with Gasteiger partial charge in [0.2, 0.25) is 10.0 Å². The van der Waals surface area contributed by atoms with Crippen LogP contribution in [0.5, 0.6) is 0 Å². The van der Waals surface area contributed by atoms with Gasteiger partial charge in [-0.3, -0.25) is 4.79 Å². The van der Waals surface area contributed by atoms with Crippen LogP contribution in [0.4, 0.5) is 0 Å². The molecule has 1 amide bonds. The number of nitrogens with two attached hydrogens (primary N) is 1. The van der Waals surface area contributed by atoms with Gasteiger partial charge in [0.1, 0.15) is 0 Å². The van der Waals surface area contributed by atoms with Gasteiger partial charge in [0.15, 0.2) is 0 Å². The Kier molecular flexibility index (Phi) is 4.26. The summed E-state index contributed by atoms with van der Waals surface area (Å²) >= 11 is 0. The first kappa shape index (κ1) is 14.4. The van der Waals surface area contributed by atoms with Crippen LogP contribution in [-0.2, 0) is 10.0 Å². The van der Waals surface area contributed by atoms with Gasteiger partial charge in [0, 0.05) is 19.2 Å². The molecular formula is C12H16N2O3S. The molecule has 0 fully saturated rings. The van der Waals surface area contributed by atoms with Crippen LogP contribution < -0.4 is 5.14 Å². The molecule has 0 unspecified atom stereocenters. The van der Waals surface area contributed by atoms with E-state index in [4.69, 9.17) is 5.14 Å². The third kappa shape index (κ3) is 3.18. The van der Waals surface area contributed by atoms with Crippen LogP contribution in [0, 0.1) is 6.92 Å². The Bertz CT molecular complexity index is 579. The molecule has 0 heterocycles. The van der Waals surface area contributed by atoms with Crippen LogP contribution in [0.2, 0.25) is 0 Å². The summed E-state index contributed by atoms with van der Waals surface area (Å²) in [6.45, 7) is 5.67. The van der Waals surface area contributed by atoms with E-state index in [1.165, 1.54) is 17.0 Å². The Morgan fingerprint density at radius 1 is 1.50 bits per heavy atom. The van der Waals surface area contributed by atoms with Crippen LogP contribution >= 0.6 is 0 Å². The zero-order valence-electron chi connectivity index (χ0n) is 10.4. The molecule has 1 aromatic rings. The highest BCUT2D eigenvalue weighted by molar-refractivity contribution is 7.89. The molecule has 1 aromatic carbocycles. The molecule has 1 rings (SSSR count). The van der Waals surface area contributed by atoms with Gasteiger partial charge in [-0.25, -0.2) is 13.6 Å². The third-order valence-electron chi connectivity index (χ3n) is 2.52. The van der Waals surface area contributed by atoms with Gasteiger partial charge >= 0.3 is 0 Å². The van der Waals surface area contributed by atoms with Crippen LogP contribution in [0.1, 0.15) is 15.9 Å². The van der Waals surface area contributed by atoms with Gasteiger partial charge in [0.25, 0.3) is 5.91 Å².